The fraction of sp³-hybridized carbons (Fsp3) is 0.0769. The number of benzene rings is 1. The summed E-state index contributed by atoms with van der Waals surface area (Å²) in [5.74, 6) is 0.226. The van der Waals surface area contributed by atoms with Crippen LogP contribution in [0.3, 0.4) is 0 Å². The van der Waals surface area contributed by atoms with Gasteiger partial charge < -0.3 is 5.32 Å². The highest BCUT2D eigenvalue weighted by molar-refractivity contribution is 6.02. The van der Waals surface area contributed by atoms with E-state index >= 15 is 0 Å². The first-order valence-corrected chi connectivity index (χ1v) is 6.03. The van der Waals surface area contributed by atoms with Gasteiger partial charge in [0.05, 0.1) is 18.1 Å². The van der Waals surface area contributed by atoms with Gasteiger partial charge in [-0.15, -0.1) is 5.10 Å². The number of nitrogens with one attached hydrogen (secondary N) is 2. The van der Waals surface area contributed by atoms with E-state index in [1.165, 1.54) is 0 Å². The smallest absolute Gasteiger partial charge is 0.279 e. The molecule has 0 aliphatic heterocycles. The zero-order valence-corrected chi connectivity index (χ0v) is 10.7. The van der Waals surface area contributed by atoms with E-state index in [1.54, 1.807) is 17.1 Å². The molecule has 0 aliphatic carbocycles. The van der Waals surface area contributed by atoms with Crippen molar-refractivity contribution < 1.29 is 4.79 Å². The molecule has 2 N–H and O–H groups in total. The quantitative estimate of drug-likeness (QED) is 0.754. The fourth-order valence-electron chi connectivity index (χ4n) is 1.73. The summed E-state index contributed by atoms with van der Waals surface area (Å²) in [6.45, 7) is 1.85. The highest BCUT2D eigenvalue weighted by Gasteiger charge is 2.13. The van der Waals surface area contributed by atoms with Crippen molar-refractivity contribution in [1.29, 1.82) is 0 Å². The summed E-state index contributed by atoms with van der Waals surface area (Å²) in [6.07, 6.45) is 3.22. The maximum absolute atomic E-state index is 12.0. The second-order valence-corrected chi connectivity index (χ2v) is 4.27. The molecule has 0 saturated heterocycles. The molecule has 0 saturated carbocycles. The molecule has 2 aromatic heterocycles. The van der Waals surface area contributed by atoms with Crippen LogP contribution in [0.2, 0.25) is 0 Å². The number of hydrogen-bond acceptors (Lipinski definition) is 4. The predicted molar refractivity (Wildman–Crippen MR) is 72.6 cm³/mol. The van der Waals surface area contributed by atoms with Crippen LogP contribution in [0.1, 0.15) is 16.1 Å². The van der Waals surface area contributed by atoms with Gasteiger partial charge in [-0.3, -0.25) is 9.89 Å². The Morgan fingerprint density at radius 1 is 1.30 bits per heavy atom. The van der Waals surface area contributed by atoms with Gasteiger partial charge in [-0.05, 0) is 19.1 Å². The maximum atomic E-state index is 12.0. The fourth-order valence-corrected chi connectivity index (χ4v) is 1.73. The van der Waals surface area contributed by atoms with Gasteiger partial charge in [0.15, 0.2) is 5.69 Å². The van der Waals surface area contributed by atoms with Crippen LogP contribution in [0, 0.1) is 6.92 Å². The molecule has 0 atom stereocenters. The number of carbonyl (C=O) groups is 1. The molecule has 0 aliphatic rings. The molecule has 7 nitrogen and oxygen atoms in total. The van der Waals surface area contributed by atoms with Crippen LogP contribution in [0.4, 0.5) is 5.82 Å². The van der Waals surface area contributed by atoms with Gasteiger partial charge in [0.1, 0.15) is 5.82 Å². The van der Waals surface area contributed by atoms with Crippen molar-refractivity contribution in [2.75, 3.05) is 5.32 Å². The molecule has 20 heavy (non-hydrogen) atoms. The minimum Gasteiger partial charge on any atom is -0.305 e. The number of hydrogen-bond donors (Lipinski definition) is 2. The lowest BCUT2D eigenvalue weighted by molar-refractivity contribution is 0.102. The number of H-pyrrole nitrogens is 1. The van der Waals surface area contributed by atoms with Crippen LogP contribution in [0.25, 0.3) is 5.69 Å². The Hall–Kier alpha value is -2.96. The van der Waals surface area contributed by atoms with E-state index in [4.69, 9.17) is 0 Å². The van der Waals surface area contributed by atoms with Crippen LogP contribution in [0.15, 0.2) is 42.7 Å². The standard InChI is InChI=1S/C13H12N6O/c1-9-7-14-17-12(9)15-13(20)11-8-19(18-16-11)10-5-3-2-4-6-10/h2-8H,1H3,(H2,14,15,17,20). The predicted octanol–water partition coefficient (Wildman–Crippen LogP) is 1.55. The van der Waals surface area contributed by atoms with E-state index in [2.05, 4.69) is 25.8 Å². The Kier molecular flexibility index (Phi) is 3.00. The second kappa shape index (κ2) is 4.96. The van der Waals surface area contributed by atoms with Crippen molar-refractivity contribution in [3.63, 3.8) is 0 Å². The van der Waals surface area contributed by atoms with Gasteiger partial charge in [0.25, 0.3) is 5.91 Å². The first-order chi connectivity index (χ1) is 9.74. The molecular formula is C13H12N6O. The van der Waals surface area contributed by atoms with Crippen LogP contribution < -0.4 is 5.32 Å². The van der Waals surface area contributed by atoms with Crippen molar-refractivity contribution >= 4 is 11.7 Å². The Morgan fingerprint density at radius 2 is 2.10 bits per heavy atom. The summed E-state index contributed by atoms with van der Waals surface area (Å²) >= 11 is 0. The van der Waals surface area contributed by atoms with Crippen LogP contribution in [-0.2, 0) is 0 Å². The summed E-state index contributed by atoms with van der Waals surface area (Å²) in [6, 6.07) is 9.47. The molecule has 0 spiro atoms. The van der Waals surface area contributed by atoms with Crippen LogP contribution >= 0.6 is 0 Å². The highest BCUT2D eigenvalue weighted by atomic mass is 16.2. The second-order valence-electron chi connectivity index (χ2n) is 4.27. The minimum absolute atomic E-state index is 0.239. The van der Waals surface area contributed by atoms with E-state index in [1.807, 2.05) is 37.3 Å². The molecule has 100 valence electrons. The van der Waals surface area contributed by atoms with Crippen molar-refractivity contribution in [3.8, 4) is 5.69 Å². The molecule has 3 aromatic rings. The summed E-state index contributed by atoms with van der Waals surface area (Å²) in [7, 11) is 0. The molecule has 7 heteroatoms. The lowest BCUT2D eigenvalue weighted by Crippen LogP contribution is -2.13. The van der Waals surface area contributed by atoms with E-state index in [0.717, 1.165) is 11.3 Å². The summed E-state index contributed by atoms with van der Waals surface area (Å²) in [5.41, 5.74) is 1.94. The number of para-hydroxylation sites is 1. The van der Waals surface area contributed by atoms with E-state index in [-0.39, 0.29) is 11.6 Å². The number of anilines is 1. The van der Waals surface area contributed by atoms with Gasteiger partial charge in [-0.2, -0.15) is 5.10 Å². The first-order valence-electron chi connectivity index (χ1n) is 6.03. The molecule has 0 bridgehead atoms. The van der Waals surface area contributed by atoms with E-state index in [9.17, 15) is 4.79 Å². The number of aromatic amines is 1. The van der Waals surface area contributed by atoms with Gasteiger partial charge >= 0.3 is 0 Å². The lowest BCUT2D eigenvalue weighted by Gasteiger charge is -2.00. The third-order valence-electron chi connectivity index (χ3n) is 2.81. The SMILES string of the molecule is Cc1cn[nH]c1NC(=O)c1cn(-c2ccccc2)nn1. The first kappa shape index (κ1) is 12.1. The lowest BCUT2D eigenvalue weighted by atomic mass is 10.3. The summed E-state index contributed by atoms with van der Waals surface area (Å²) in [4.78, 5) is 12.0. The number of rotatable bonds is 3. The Labute approximate surface area is 114 Å². The Bertz CT molecular complexity index is 730. The molecule has 2 heterocycles. The number of aryl methyl sites for hydroxylation is 1. The highest BCUT2D eigenvalue weighted by Crippen LogP contribution is 2.11. The number of carbonyl (C=O) groups excluding carboxylic acids is 1. The number of amides is 1. The third kappa shape index (κ3) is 2.28. The van der Waals surface area contributed by atoms with E-state index < -0.39 is 0 Å². The molecule has 0 unspecified atom stereocenters. The van der Waals surface area contributed by atoms with Gasteiger partial charge in [-0.25, -0.2) is 4.68 Å². The average Bonchev–Trinajstić information content (AvgIpc) is 3.10. The molecule has 0 radical (unpaired) electrons. The maximum Gasteiger partial charge on any atom is 0.279 e. The van der Waals surface area contributed by atoms with Gasteiger partial charge in [0.2, 0.25) is 0 Å². The molecule has 1 aromatic carbocycles. The molecule has 1 amide bonds. The third-order valence-corrected chi connectivity index (χ3v) is 2.81. The van der Waals surface area contributed by atoms with E-state index in [0.29, 0.717) is 5.82 Å². The monoisotopic (exact) mass is 268 g/mol. The summed E-state index contributed by atoms with van der Waals surface area (Å²) in [5, 5.41) is 17.1. The Morgan fingerprint density at radius 3 is 2.80 bits per heavy atom. The van der Waals surface area contributed by atoms with Crippen LogP contribution in [-0.4, -0.2) is 31.1 Å². The van der Waals surface area contributed by atoms with Crippen molar-refractivity contribution in [2.24, 2.45) is 0 Å². The van der Waals surface area contributed by atoms with Crippen molar-refractivity contribution in [3.05, 3.63) is 54.0 Å². The minimum atomic E-state index is -0.334. The normalized spacial score (nSPS) is 10.4. The molecule has 0 fully saturated rings. The zero-order chi connectivity index (χ0) is 13.9. The molecule has 3 rings (SSSR count). The largest absolute Gasteiger partial charge is 0.305 e. The Balaban J connectivity index is 1.80. The van der Waals surface area contributed by atoms with Crippen molar-refractivity contribution in [2.45, 2.75) is 6.92 Å². The number of nitrogens with zero attached hydrogens (tertiary/aromatic N) is 4. The summed E-state index contributed by atoms with van der Waals surface area (Å²) < 4.78 is 1.55. The zero-order valence-electron chi connectivity index (χ0n) is 10.7. The topological polar surface area (TPSA) is 88.5 Å². The van der Waals surface area contributed by atoms with Gasteiger partial charge in [-0.1, -0.05) is 23.4 Å². The van der Waals surface area contributed by atoms with Gasteiger partial charge in [0, 0.05) is 5.56 Å². The van der Waals surface area contributed by atoms with Crippen LogP contribution in [0.5, 0.6) is 0 Å². The average molecular weight is 268 g/mol. The van der Waals surface area contributed by atoms with Crippen molar-refractivity contribution in [1.82, 2.24) is 25.2 Å². The molecular weight excluding hydrogens is 256 g/mol. The number of aromatic nitrogens is 5.